The molecule has 0 radical (unpaired) electrons. The number of rotatable bonds is 23. The summed E-state index contributed by atoms with van der Waals surface area (Å²) in [6.45, 7) is 9.54. The zero-order chi connectivity index (χ0) is 57.3. The van der Waals surface area contributed by atoms with Crippen LogP contribution in [0.5, 0.6) is 0 Å². The summed E-state index contributed by atoms with van der Waals surface area (Å²) >= 11 is 0. The second kappa shape index (κ2) is 23.5. The highest BCUT2D eigenvalue weighted by Gasteiger charge is 2.48. The van der Waals surface area contributed by atoms with Crippen molar-refractivity contribution < 1.29 is 96.7 Å². The number of unbranched alkanes of at least 4 members (excludes halogenated alkanes) is 2. The van der Waals surface area contributed by atoms with E-state index in [1.54, 1.807) is 12.1 Å². The van der Waals surface area contributed by atoms with E-state index in [9.17, 15) is 74.0 Å². The number of hydrogen-bond donors (Lipinski definition) is 9. The van der Waals surface area contributed by atoms with Gasteiger partial charge in [-0.25, -0.2) is 26.9 Å². The van der Waals surface area contributed by atoms with E-state index < -0.39 is 96.9 Å². The summed E-state index contributed by atoms with van der Waals surface area (Å²) in [6.07, 6.45) is 7.36. The van der Waals surface area contributed by atoms with Crippen molar-refractivity contribution in [2.75, 3.05) is 31.1 Å². The molecule has 3 aliphatic rings. The van der Waals surface area contributed by atoms with Crippen LogP contribution in [0, 0.1) is 0 Å². The number of nitrogens with zero attached hydrogens (tertiary/aromatic N) is 3. The Labute approximate surface area is 441 Å². The van der Waals surface area contributed by atoms with Gasteiger partial charge in [0.25, 0.3) is 15.7 Å². The number of aromatic amines is 1. The average Bonchev–Trinajstić information content (AvgIpc) is 3.81. The molecule has 0 spiro atoms. The molecule has 4 heterocycles. The predicted octanol–water partition coefficient (Wildman–Crippen LogP) is 3.23. The van der Waals surface area contributed by atoms with Gasteiger partial charge in [-0.2, -0.15) is 21.6 Å². The van der Waals surface area contributed by atoms with Crippen LogP contribution in [0.25, 0.3) is 6.08 Å². The number of aliphatic hydroxyl groups is 2. The lowest BCUT2D eigenvalue weighted by atomic mass is 9.81. The Balaban J connectivity index is 1.06. The van der Waals surface area contributed by atoms with E-state index in [-0.39, 0.29) is 34.2 Å². The molecule has 6 atom stereocenters. The largest absolute Gasteiger partial charge is 0.744 e. The van der Waals surface area contributed by atoms with Crippen molar-refractivity contribution in [3.8, 4) is 0 Å². The first-order valence-corrected chi connectivity index (χ1v) is 30.7. The van der Waals surface area contributed by atoms with Crippen molar-refractivity contribution in [3.05, 3.63) is 122 Å². The summed E-state index contributed by atoms with van der Waals surface area (Å²) in [5.41, 5.74) is 1.06. The summed E-state index contributed by atoms with van der Waals surface area (Å²) < 4.78 is 124. The minimum atomic E-state index is -5.87. The summed E-state index contributed by atoms with van der Waals surface area (Å²) in [7, 11) is -26.4. The molecule has 77 heavy (non-hydrogen) atoms. The maximum atomic E-state index is 12.8. The maximum absolute atomic E-state index is 12.8. The Hall–Kier alpha value is -4.87. The molecule has 0 bridgehead atoms. The van der Waals surface area contributed by atoms with Gasteiger partial charge in [0.15, 0.2) is 11.9 Å². The summed E-state index contributed by atoms with van der Waals surface area (Å²) in [5.74, 6) is -0.332. The van der Waals surface area contributed by atoms with Crippen molar-refractivity contribution in [3.63, 3.8) is 0 Å². The van der Waals surface area contributed by atoms with Gasteiger partial charge in [0, 0.05) is 66.6 Å². The quantitative estimate of drug-likeness (QED) is 0.0216. The third-order valence-corrected chi connectivity index (χ3v) is 18.3. The number of nitrogens with one attached hydrogen (secondary N) is 2. The molecule has 1 aromatic heterocycles. The number of carbonyl (C=O) groups excluding carboxylic acids is 1. The highest BCUT2D eigenvalue weighted by Crippen LogP contribution is 2.66. The molecule has 1 saturated heterocycles. The molecule has 3 aliphatic heterocycles. The summed E-state index contributed by atoms with van der Waals surface area (Å²) in [5, 5.41) is 23.8. The zero-order valence-electron chi connectivity index (χ0n) is 41.8. The fourth-order valence-electron chi connectivity index (χ4n) is 9.12. The number of benzene rings is 2. The number of aromatic nitrogens is 2. The van der Waals surface area contributed by atoms with Gasteiger partial charge in [0.1, 0.15) is 35.0 Å². The highest BCUT2D eigenvalue weighted by atomic mass is 32.2. The van der Waals surface area contributed by atoms with Gasteiger partial charge in [-0.15, -0.1) is 0 Å². The van der Waals surface area contributed by atoms with Crippen LogP contribution in [-0.4, -0.2) is 126 Å². The van der Waals surface area contributed by atoms with Gasteiger partial charge >= 0.3 is 29.2 Å². The fourth-order valence-corrected chi connectivity index (χ4v) is 13.2. The SMILES string of the molecule is CCN1C(=CC=CC=CC2=[N+](CCCCCC(=O)NC/C=C/c3cn([C@@H]4O[C@H](COP(=O)(O)OP(=O)(O)OP(=O)(O)O)[C@@H](O)[C@H]4O)c(=O)[nH]c3=O)c3ccc(S(=O)(=O)O)cc3C2(C)C)C(C)(C)c2cc(S(=O)(=O)[O-])ccc21. The molecule has 422 valence electrons. The van der Waals surface area contributed by atoms with Crippen molar-refractivity contribution in [1.82, 2.24) is 14.9 Å². The zero-order valence-corrected chi connectivity index (χ0v) is 46.1. The summed E-state index contributed by atoms with van der Waals surface area (Å²) in [6, 6.07) is 8.77. The third-order valence-electron chi connectivity index (χ3n) is 12.8. The van der Waals surface area contributed by atoms with E-state index in [0.29, 0.717) is 48.0 Å². The number of ether oxygens (including phenoxy) is 1. The molecule has 27 nitrogen and oxygen atoms in total. The lowest BCUT2D eigenvalue weighted by Crippen LogP contribution is -2.38. The highest BCUT2D eigenvalue weighted by molar-refractivity contribution is 7.86. The fraction of sp³-hybridized carbons (Fsp3) is 0.422. The molecule has 1 fully saturated rings. The third kappa shape index (κ3) is 14.7. The number of anilines is 1. The van der Waals surface area contributed by atoms with Gasteiger partial charge in [0.2, 0.25) is 11.6 Å². The number of phosphoric ester groups is 1. The van der Waals surface area contributed by atoms with Crippen LogP contribution in [0.2, 0.25) is 0 Å². The van der Waals surface area contributed by atoms with E-state index in [0.717, 1.165) is 29.0 Å². The Morgan fingerprint density at radius 3 is 2.21 bits per heavy atom. The number of amides is 1. The molecule has 3 aromatic rings. The molecule has 6 rings (SSSR count). The van der Waals surface area contributed by atoms with Crippen LogP contribution >= 0.6 is 23.5 Å². The van der Waals surface area contributed by atoms with Crippen LogP contribution in [0.1, 0.15) is 83.2 Å². The average molecular weight is 1180 g/mol. The molecular weight excluding hydrogens is 1120 g/mol. The van der Waals surface area contributed by atoms with Gasteiger partial charge in [-0.05, 0) is 75.6 Å². The van der Waals surface area contributed by atoms with Gasteiger partial charge in [-0.3, -0.25) is 28.2 Å². The number of allylic oxidation sites excluding steroid dienone is 6. The molecule has 2 aromatic carbocycles. The van der Waals surface area contributed by atoms with E-state index in [2.05, 4.69) is 23.0 Å². The standard InChI is InChI=1S/C45H58N5O22P3S2/c1-6-48-33-20-18-29(76(63,64)65)24-31(33)44(2,3)36(48)15-9-7-10-16-37-45(4,5)32-25-30(77(66,67)68)19-21-34(32)49(37)23-12-8-11-17-38(51)46-22-13-14-28-26-50(43(55)47-41(28)54)42-40(53)39(52)35(70-42)27-69-74(59,60)72-75(61,62)71-73(56,57)58/h7,9-10,13-16,18-21,24-26,35,39-40,42,52-53H,6,8,11-12,17,22-23,27H2,1-5H3,(H7-,46,47,51,54,55,56,57,58,59,60,61,62,63,64,65,66,67,68)/b14-13+/t35-,39-,40-,42-/m1/s1. The van der Waals surface area contributed by atoms with Gasteiger partial charge < -0.3 is 49.3 Å². The number of phosphoric acid groups is 3. The number of fused-ring (bicyclic) bond motifs is 2. The lowest BCUT2D eigenvalue weighted by molar-refractivity contribution is -0.438. The predicted molar refractivity (Wildman–Crippen MR) is 273 cm³/mol. The molecule has 0 saturated carbocycles. The van der Waals surface area contributed by atoms with E-state index in [1.807, 2.05) is 74.9 Å². The first-order valence-electron chi connectivity index (χ1n) is 23.4. The Bertz CT molecular complexity index is 3450. The minimum Gasteiger partial charge on any atom is -0.744 e. The van der Waals surface area contributed by atoms with Crippen molar-refractivity contribution in [2.24, 2.45) is 0 Å². The van der Waals surface area contributed by atoms with E-state index in [1.165, 1.54) is 36.4 Å². The number of likely N-dealkylation sites (N-methyl/N-ethyl adjacent to an activating group) is 1. The van der Waals surface area contributed by atoms with Crippen molar-refractivity contribution in [2.45, 2.75) is 105 Å². The van der Waals surface area contributed by atoms with E-state index in [4.69, 9.17) is 14.5 Å². The molecular formula is C45H58N5O22P3S2. The van der Waals surface area contributed by atoms with Crippen LogP contribution in [0.4, 0.5) is 11.4 Å². The lowest BCUT2D eigenvalue weighted by Gasteiger charge is -2.25. The number of carbonyl (C=O) groups is 1. The molecule has 9 N–H and O–H groups in total. The van der Waals surface area contributed by atoms with Crippen molar-refractivity contribution >= 4 is 72.8 Å². The number of H-pyrrole nitrogens is 1. The smallest absolute Gasteiger partial charge is 0.490 e. The number of hydrogen-bond acceptors (Lipinski definition) is 18. The molecule has 32 heteroatoms. The van der Waals surface area contributed by atoms with Crippen LogP contribution in [0.15, 0.2) is 104 Å². The van der Waals surface area contributed by atoms with Gasteiger partial charge in [-0.1, -0.05) is 44.2 Å². The van der Waals surface area contributed by atoms with Crippen LogP contribution in [0.3, 0.4) is 0 Å². The normalized spacial score (nSPS) is 22.6. The molecule has 0 aliphatic carbocycles. The van der Waals surface area contributed by atoms with Gasteiger partial charge in [0.05, 0.1) is 27.4 Å². The maximum Gasteiger partial charge on any atom is 0.490 e. The van der Waals surface area contributed by atoms with Crippen molar-refractivity contribution in [1.29, 1.82) is 0 Å². The topological polar surface area (TPSA) is 411 Å². The molecule has 1 amide bonds. The van der Waals surface area contributed by atoms with Crippen LogP contribution < -0.4 is 21.5 Å². The van der Waals surface area contributed by atoms with Crippen LogP contribution in [-0.2, 0) is 67.4 Å². The Morgan fingerprint density at radius 1 is 0.883 bits per heavy atom. The monoisotopic (exact) mass is 1180 g/mol. The Morgan fingerprint density at radius 2 is 1.56 bits per heavy atom. The first kappa shape index (κ1) is 61.3. The second-order valence-corrected chi connectivity index (χ2v) is 26.0. The number of aliphatic hydroxyl groups excluding tert-OH is 2. The summed E-state index contributed by atoms with van der Waals surface area (Å²) in [4.78, 5) is 78.1. The Kier molecular flexibility index (Phi) is 18.7. The first-order chi connectivity index (χ1) is 35.6. The minimum absolute atomic E-state index is 0.0686. The second-order valence-electron chi connectivity index (χ2n) is 18.8. The van der Waals surface area contributed by atoms with E-state index >= 15 is 0 Å². The molecule has 2 unspecified atom stereocenters.